The lowest BCUT2D eigenvalue weighted by atomic mass is 9.99. The first-order valence-corrected chi connectivity index (χ1v) is 14.4. The highest BCUT2D eigenvalue weighted by Gasteiger charge is 2.33. The Kier molecular flexibility index (Phi) is 8.22. The van der Waals surface area contributed by atoms with E-state index in [1.807, 2.05) is 36.4 Å². The first-order valence-electron chi connectivity index (χ1n) is 12.9. The number of nitrogens with zero attached hydrogens (tertiary/aromatic N) is 1. The second kappa shape index (κ2) is 11.8. The van der Waals surface area contributed by atoms with Crippen LogP contribution in [0.25, 0.3) is 0 Å². The molecule has 0 saturated carbocycles. The van der Waals surface area contributed by atoms with E-state index in [0.717, 1.165) is 42.7 Å². The lowest BCUT2D eigenvalue weighted by molar-refractivity contribution is -0.253. The molecule has 0 amide bonds. The number of hydrogen-bond donors (Lipinski definition) is 2. The lowest BCUT2D eigenvalue weighted by Gasteiger charge is -2.39. The summed E-state index contributed by atoms with van der Waals surface area (Å²) < 4.78 is 41.3. The van der Waals surface area contributed by atoms with E-state index in [2.05, 4.69) is 9.62 Å². The third-order valence-electron chi connectivity index (χ3n) is 6.99. The van der Waals surface area contributed by atoms with Crippen LogP contribution < -0.4 is 4.72 Å². The molecule has 2 heterocycles. The highest BCUT2D eigenvalue weighted by molar-refractivity contribution is 7.92. The molecule has 8 heteroatoms. The molecule has 196 valence electrons. The van der Waals surface area contributed by atoms with Gasteiger partial charge in [0.15, 0.2) is 6.29 Å². The van der Waals surface area contributed by atoms with E-state index in [0.29, 0.717) is 5.69 Å². The molecule has 0 unspecified atom stereocenters. The molecule has 5 rings (SSSR count). The first-order chi connectivity index (χ1) is 18.0. The predicted octanol–water partition coefficient (Wildman–Crippen LogP) is 5.01. The van der Waals surface area contributed by atoms with E-state index in [1.165, 1.54) is 19.3 Å². The standard InChI is InChI=1S/C29H34N2O5S/c32-21-22-12-14-23(15-13-22)28-19-26(20-31-16-5-2-6-17-31)35-29(36-28)24-8-7-9-25(18-24)30-37(33,34)27-10-3-1-4-11-27/h1,3-4,7-15,18,26,28-30,32H,2,5-6,16-17,19-21H2/t26-,28+,29+/m1/s1. The van der Waals surface area contributed by atoms with E-state index >= 15 is 0 Å². The lowest BCUT2D eigenvalue weighted by Crippen LogP contribution is -2.41. The monoisotopic (exact) mass is 522 g/mol. The number of rotatable bonds is 8. The number of sulfonamides is 1. The summed E-state index contributed by atoms with van der Waals surface area (Å²) in [6, 6.07) is 23.4. The Morgan fingerprint density at radius 3 is 2.35 bits per heavy atom. The Balaban J connectivity index is 1.37. The van der Waals surface area contributed by atoms with Gasteiger partial charge in [-0.3, -0.25) is 4.72 Å². The fourth-order valence-corrected chi connectivity index (χ4v) is 6.10. The van der Waals surface area contributed by atoms with Crippen LogP contribution in [0.2, 0.25) is 0 Å². The molecule has 3 aromatic carbocycles. The molecule has 0 bridgehead atoms. The van der Waals surface area contributed by atoms with Gasteiger partial charge < -0.3 is 19.5 Å². The smallest absolute Gasteiger partial charge is 0.261 e. The van der Waals surface area contributed by atoms with Crippen molar-refractivity contribution in [1.29, 1.82) is 0 Å². The average molecular weight is 523 g/mol. The normalized spacial score (nSPS) is 23.0. The maximum atomic E-state index is 12.9. The van der Waals surface area contributed by atoms with Crippen LogP contribution in [0.15, 0.2) is 83.8 Å². The molecule has 2 fully saturated rings. The fraction of sp³-hybridized carbons (Fsp3) is 0.379. The van der Waals surface area contributed by atoms with Crippen molar-refractivity contribution in [1.82, 2.24) is 4.90 Å². The molecule has 0 radical (unpaired) electrons. The zero-order valence-electron chi connectivity index (χ0n) is 20.8. The molecule has 37 heavy (non-hydrogen) atoms. The molecule has 2 aliphatic rings. The van der Waals surface area contributed by atoms with Crippen molar-refractivity contribution >= 4 is 15.7 Å². The number of piperidine rings is 1. The Hall–Kier alpha value is -2.75. The number of aliphatic hydroxyl groups is 1. The zero-order chi connectivity index (χ0) is 25.7. The zero-order valence-corrected chi connectivity index (χ0v) is 21.6. The van der Waals surface area contributed by atoms with Crippen LogP contribution in [0.4, 0.5) is 5.69 Å². The number of hydrogen-bond acceptors (Lipinski definition) is 6. The summed E-state index contributed by atoms with van der Waals surface area (Å²) in [5.74, 6) is 0. The van der Waals surface area contributed by atoms with E-state index in [-0.39, 0.29) is 23.7 Å². The van der Waals surface area contributed by atoms with Crippen molar-refractivity contribution in [2.24, 2.45) is 0 Å². The highest BCUT2D eigenvalue weighted by atomic mass is 32.2. The molecule has 0 aromatic heterocycles. The number of ether oxygens (including phenoxy) is 2. The summed E-state index contributed by atoms with van der Waals surface area (Å²) in [4.78, 5) is 2.67. The molecular weight excluding hydrogens is 488 g/mol. The van der Waals surface area contributed by atoms with Crippen LogP contribution in [0.1, 0.15) is 54.8 Å². The van der Waals surface area contributed by atoms with Gasteiger partial charge in [-0.2, -0.15) is 0 Å². The van der Waals surface area contributed by atoms with Gasteiger partial charge in [0, 0.05) is 24.2 Å². The number of anilines is 1. The first kappa shape index (κ1) is 25.9. The van der Waals surface area contributed by atoms with E-state index in [4.69, 9.17) is 9.47 Å². The SMILES string of the molecule is O=S(=O)(Nc1cccc([C@H]2O[C@@H](CN3CCCCC3)C[C@@H](c3ccc(CO)cc3)O2)c1)c1ccccc1. The average Bonchev–Trinajstić information content (AvgIpc) is 2.94. The minimum atomic E-state index is -3.71. The summed E-state index contributed by atoms with van der Waals surface area (Å²) in [6.45, 7) is 3.00. The van der Waals surface area contributed by atoms with E-state index in [9.17, 15) is 13.5 Å². The molecule has 3 aromatic rings. The van der Waals surface area contributed by atoms with Crippen LogP contribution in [-0.2, 0) is 26.1 Å². The molecular formula is C29H34N2O5S. The maximum Gasteiger partial charge on any atom is 0.261 e. The fourth-order valence-electron chi connectivity index (χ4n) is 5.03. The van der Waals surface area contributed by atoms with Gasteiger partial charge in [-0.25, -0.2) is 8.42 Å². The molecule has 2 saturated heterocycles. The van der Waals surface area contributed by atoms with E-state index in [1.54, 1.807) is 42.5 Å². The molecule has 3 atom stereocenters. The van der Waals surface area contributed by atoms with Gasteiger partial charge in [-0.15, -0.1) is 0 Å². The van der Waals surface area contributed by atoms with Crippen LogP contribution in [0.5, 0.6) is 0 Å². The summed E-state index contributed by atoms with van der Waals surface area (Å²) in [5.41, 5.74) is 3.11. The molecule has 2 N–H and O–H groups in total. The Morgan fingerprint density at radius 1 is 0.865 bits per heavy atom. The van der Waals surface area contributed by atoms with Crippen molar-refractivity contribution in [3.63, 3.8) is 0 Å². The number of aliphatic hydroxyl groups excluding tert-OH is 1. The van der Waals surface area contributed by atoms with Crippen LogP contribution >= 0.6 is 0 Å². The Morgan fingerprint density at radius 2 is 1.62 bits per heavy atom. The van der Waals surface area contributed by atoms with Crippen molar-refractivity contribution in [3.8, 4) is 0 Å². The summed E-state index contributed by atoms with van der Waals surface area (Å²) in [6.07, 6.45) is 3.59. The molecule has 7 nitrogen and oxygen atoms in total. The van der Waals surface area contributed by atoms with Gasteiger partial charge in [0.05, 0.1) is 23.7 Å². The van der Waals surface area contributed by atoms with Gasteiger partial charge >= 0.3 is 0 Å². The Labute approximate surface area is 219 Å². The topological polar surface area (TPSA) is 88.1 Å². The van der Waals surface area contributed by atoms with Crippen molar-refractivity contribution in [2.45, 2.75) is 55.7 Å². The number of nitrogens with one attached hydrogen (secondary N) is 1. The quantitative estimate of drug-likeness (QED) is 0.432. The van der Waals surface area contributed by atoms with Crippen LogP contribution in [-0.4, -0.2) is 44.2 Å². The van der Waals surface area contributed by atoms with Crippen molar-refractivity contribution in [3.05, 3.63) is 95.6 Å². The third-order valence-corrected chi connectivity index (χ3v) is 8.39. The minimum absolute atomic E-state index is 0.000800. The Bertz CT molecular complexity index is 1260. The largest absolute Gasteiger partial charge is 0.392 e. The number of benzene rings is 3. The minimum Gasteiger partial charge on any atom is -0.392 e. The van der Waals surface area contributed by atoms with Gasteiger partial charge in [0.2, 0.25) is 0 Å². The summed E-state index contributed by atoms with van der Waals surface area (Å²) >= 11 is 0. The van der Waals surface area contributed by atoms with Gasteiger partial charge in [0.25, 0.3) is 10.0 Å². The van der Waals surface area contributed by atoms with Gasteiger partial charge in [-0.1, -0.05) is 61.0 Å². The highest BCUT2D eigenvalue weighted by Crippen LogP contribution is 2.39. The predicted molar refractivity (Wildman–Crippen MR) is 142 cm³/mol. The molecule has 2 aliphatic heterocycles. The number of likely N-dealkylation sites (tertiary alicyclic amines) is 1. The van der Waals surface area contributed by atoms with Crippen molar-refractivity contribution < 1.29 is 23.0 Å². The van der Waals surface area contributed by atoms with E-state index < -0.39 is 16.3 Å². The van der Waals surface area contributed by atoms with Crippen LogP contribution in [0, 0.1) is 0 Å². The molecule has 0 aliphatic carbocycles. The van der Waals surface area contributed by atoms with Gasteiger partial charge in [0.1, 0.15) is 0 Å². The third kappa shape index (κ3) is 6.58. The maximum absolute atomic E-state index is 12.9. The molecule has 0 spiro atoms. The second-order valence-corrected chi connectivity index (χ2v) is 11.4. The van der Waals surface area contributed by atoms with Gasteiger partial charge in [-0.05, 0) is 61.3 Å². The van der Waals surface area contributed by atoms with Crippen molar-refractivity contribution in [2.75, 3.05) is 24.4 Å². The second-order valence-electron chi connectivity index (χ2n) is 9.76. The van der Waals surface area contributed by atoms with Crippen LogP contribution in [0.3, 0.4) is 0 Å². The summed E-state index contributed by atoms with van der Waals surface area (Å²) in [7, 11) is -3.71. The summed E-state index contributed by atoms with van der Waals surface area (Å²) in [5, 5.41) is 9.43.